The molecule has 2 rings (SSSR count). The first-order chi connectivity index (χ1) is 9.35. The van der Waals surface area contributed by atoms with Crippen molar-refractivity contribution in [2.45, 2.75) is 45.6 Å². The first-order valence-corrected chi connectivity index (χ1v) is 7.72. The molecule has 1 aliphatic heterocycles. The van der Waals surface area contributed by atoms with E-state index in [1.54, 1.807) is 0 Å². The Morgan fingerprint density at radius 3 is 2.68 bits per heavy atom. The van der Waals surface area contributed by atoms with Gasteiger partial charge < -0.3 is 10.1 Å². The third kappa shape index (κ3) is 4.05. The maximum absolute atomic E-state index is 5.59. The van der Waals surface area contributed by atoms with Crippen LogP contribution in [0.2, 0.25) is 0 Å². The van der Waals surface area contributed by atoms with E-state index >= 15 is 0 Å². The van der Waals surface area contributed by atoms with Gasteiger partial charge in [0.15, 0.2) is 0 Å². The third-order valence-electron chi connectivity index (χ3n) is 4.16. The molecule has 2 heteroatoms. The number of benzene rings is 1. The van der Waals surface area contributed by atoms with Crippen LogP contribution in [0.5, 0.6) is 0 Å². The van der Waals surface area contributed by atoms with Gasteiger partial charge in [-0.2, -0.15) is 0 Å². The van der Waals surface area contributed by atoms with Crippen LogP contribution >= 0.6 is 0 Å². The van der Waals surface area contributed by atoms with Crippen LogP contribution in [0.3, 0.4) is 0 Å². The normalized spacial score (nSPS) is 23.5. The second-order valence-corrected chi connectivity index (χ2v) is 5.56. The Hall–Kier alpha value is -0.860. The van der Waals surface area contributed by atoms with Gasteiger partial charge in [0, 0.05) is 6.61 Å². The molecule has 0 bridgehead atoms. The van der Waals surface area contributed by atoms with Gasteiger partial charge in [0.05, 0.1) is 6.61 Å². The van der Waals surface area contributed by atoms with E-state index in [0.717, 1.165) is 38.0 Å². The van der Waals surface area contributed by atoms with Crippen molar-refractivity contribution >= 4 is 0 Å². The first kappa shape index (κ1) is 14.5. The van der Waals surface area contributed by atoms with Gasteiger partial charge in [-0.15, -0.1) is 0 Å². The number of piperidine rings is 1. The summed E-state index contributed by atoms with van der Waals surface area (Å²) in [6.07, 6.45) is 3.62. The first-order valence-electron chi connectivity index (χ1n) is 7.72. The van der Waals surface area contributed by atoms with Crippen LogP contribution in [0.25, 0.3) is 0 Å². The van der Waals surface area contributed by atoms with Gasteiger partial charge in [0.1, 0.15) is 0 Å². The summed E-state index contributed by atoms with van der Waals surface area (Å²) in [6, 6.07) is 9.09. The monoisotopic (exact) mass is 261 g/mol. The molecule has 1 aromatic rings. The Morgan fingerprint density at radius 1 is 1.21 bits per heavy atom. The molecule has 1 fully saturated rings. The minimum absolute atomic E-state index is 0.733. The maximum Gasteiger partial charge on any atom is 0.0716 e. The highest BCUT2D eigenvalue weighted by Gasteiger charge is 2.24. The average molecular weight is 261 g/mol. The fraction of sp³-hybridized carbons (Fsp3) is 0.647. The molecule has 1 unspecified atom stereocenters. The highest BCUT2D eigenvalue weighted by atomic mass is 16.5. The number of hydrogen-bond donors (Lipinski definition) is 1. The fourth-order valence-corrected chi connectivity index (χ4v) is 2.99. The van der Waals surface area contributed by atoms with Crippen LogP contribution < -0.4 is 5.32 Å². The minimum Gasteiger partial charge on any atom is -0.377 e. The number of hydrogen-bond acceptors (Lipinski definition) is 2. The molecule has 1 aliphatic rings. The van der Waals surface area contributed by atoms with Gasteiger partial charge >= 0.3 is 0 Å². The lowest BCUT2D eigenvalue weighted by molar-refractivity contribution is 0.121. The Bertz CT molecular complexity index is 360. The van der Waals surface area contributed by atoms with Crippen molar-refractivity contribution in [3.8, 4) is 0 Å². The van der Waals surface area contributed by atoms with Crippen LogP contribution in [-0.2, 0) is 11.3 Å². The number of ether oxygens (including phenoxy) is 1. The Kier molecular flexibility index (Phi) is 5.87. The van der Waals surface area contributed by atoms with Gasteiger partial charge in [-0.25, -0.2) is 0 Å². The average Bonchev–Trinajstić information content (AvgIpc) is 2.48. The van der Waals surface area contributed by atoms with E-state index in [1.165, 1.54) is 30.5 Å². The third-order valence-corrected chi connectivity index (χ3v) is 4.16. The van der Waals surface area contributed by atoms with E-state index in [2.05, 4.69) is 43.4 Å². The van der Waals surface area contributed by atoms with Crippen molar-refractivity contribution in [1.29, 1.82) is 0 Å². The SMILES string of the molecule is CCCOCc1ccc([C@H]2CCNCC2CC)cc1. The van der Waals surface area contributed by atoms with Gasteiger partial charge in [-0.3, -0.25) is 0 Å². The van der Waals surface area contributed by atoms with Crippen molar-refractivity contribution in [3.05, 3.63) is 35.4 Å². The van der Waals surface area contributed by atoms with Crippen LogP contribution in [0, 0.1) is 5.92 Å². The molecule has 2 atom stereocenters. The largest absolute Gasteiger partial charge is 0.377 e. The second-order valence-electron chi connectivity index (χ2n) is 5.56. The van der Waals surface area contributed by atoms with Crippen molar-refractivity contribution in [2.75, 3.05) is 19.7 Å². The molecule has 0 spiro atoms. The summed E-state index contributed by atoms with van der Waals surface area (Å²) in [5.74, 6) is 1.52. The number of nitrogens with one attached hydrogen (secondary N) is 1. The summed E-state index contributed by atoms with van der Waals surface area (Å²) >= 11 is 0. The van der Waals surface area contributed by atoms with Crippen LogP contribution in [0.4, 0.5) is 0 Å². The predicted octanol–water partition coefficient (Wildman–Crippen LogP) is 3.72. The molecule has 0 saturated carbocycles. The molecule has 1 aromatic carbocycles. The zero-order chi connectivity index (χ0) is 13.5. The summed E-state index contributed by atoms with van der Waals surface area (Å²) in [6.45, 7) is 8.37. The molecule has 2 nitrogen and oxygen atoms in total. The molecule has 1 N–H and O–H groups in total. The Labute approximate surface area is 117 Å². The van der Waals surface area contributed by atoms with Gasteiger partial charge in [-0.1, -0.05) is 44.5 Å². The quantitative estimate of drug-likeness (QED) is 0.788. The summed E-state index contributed by atoms with van der Waals surface area (Å²) in [7, 11) is 0. The lowest BCUT2D eigenvalue weighted by Gasteiger charge is -2.32. The van der Waals surface area contributed by atoms with Crippen molar-refractivity contribution in [1.82, 2.24) is 5.32 Å². The highest BCUT2D eigenvalue weighted by molar-refractivity contribution is 5.26. The summed E-state index contributed by atoms with van der Waals surface area (Å²) in [5, 5.41) is 3.51. The van der Waals surface area contributed by atoms with Crippen molar-refractivity contribution in [2.24, 2.45) is 5.92 Å². The molecule has 19 heavy (non-hydrogen) atoms. The molecule has 0 amide bonds. The van der Waals surface area contributed by atoms with Gasteiger partial charge in [0.25, 0.3) is 0 Å². The van der Waals surface area contributed by atoms with Gasteiger partial charge in [0.2, 0.25) is 0 Å². The lowest BCUT2D eigenvalue weighted by atomic mass is 9.80. The zero-order valence-electron chi connectivity index (χ0n) is 12.3. The molecule has 0 aromatic heterocycles. The Morgan fingerprint density at radius 2 is 2.00 bits per heavy atom. The van der Waals surface area contributed by atoms with Crippen molar-refractivity contribution < 1.29 is 4.74 Å². The Balaban J connectivity index is 1.96. The summed E-state index contributed by atoms with van der Waals surface area (Å²) < 4.78 is 5.59. The summed E-state index contributed by atoms with van der Waals surface area (Å²) in [5.41, 5.74) is 2.80. The smallest absolute Gasteiger partial charge is 0.0716 e. The molecule has 0 radical (unpaired) electrons. The standard InChI is InChI=1S/C17H27NO/c1-3-11-19-13-14-5-7-16(8-6-14)17-9-10-18-12-15(17)4-2/h5-8,15,17-18H,3-4,9-13H2,1-2H3/t15?,17-/m0/s1. The van der Waals surface area contributed by atoms with E-state index in [9.17, 15) is 0 Å². The van der Waals surface area contributed by atoms with Crippen LogP contribution in [0.1, 0.15) is 50.2 Å². The fourth-order valence-electron chi connectivity index (χ4n) is 2.99. The topological polar surface area (TPSA) is 21.3 Å². The van der Waals surface area contributed by atoms with E-state index in [-0.39, 0.29) is 0 Å². The maximum atomic E-state index is 5.59. The van der Waals surface area contributed by atoms with E-state index < -0.39 is 0 Å². The van der Waals surface area contributed by atoms with E-state index in [1.807, 2.05) is 0 Å². The van der Waals surface area contributed by atoms with Crippen LogP contribution in [-0.4, -0.2) is 19.7 Å². The van der Waals surface area contributed by atoms with Gasteiger partial charge in [-0.05, 0) is 48.9 Å². The minimum atomic E-state index is 0.733. The molecule has 1 heterocycles. The second kappa shape index (κ2) is 7.66. The molecular formula is C17H27NO. The molecule has 0 aliphatic carbocycles. The summed E-state index contributed by atoms with van der Waals surface area (Å²) in [4.78, 5) is 0. The molecule has 106 valence electrons. The predicted molar refractivity (Wildman–Crippen MR) is 80.4 cm³/mol. The van der Waals surface area contributed by atoms with Crippen LogP contribution in [0.15, 0.2) is 24.3 Å². The van der Waals surface area contributed by atoms with E-state index in [4.69, 9.17) is 4.74 Å². The highest BCUT2D eigenvalue weighted by Crippen LogP contribution is 2.32. The molecular weight excluding hydrogens is 234 g/mol. The van der Waals surface area contributed by atoms with E-state index in [0.29, 0.717) is 0 Å². The molecule has 1 saturated heterocycles. The van der Waals surface area contributed by atoms with Crippen molar-refractivity contribution in [3.63, 3.8) is 0 Å². The zero-order valence-corrected chi connectivity index (χ0v) is 12.3. The number of rotatable bonds is 6. The lowest BCUT2D eigenvalue weighted by Crippen LogP contribution is -2.35.